The second kappa shape index (κ2) is 8.06. The quantitative estimate of drug-likeness (QED) is 0.594. The minimum atomic E-state index is -0.184. The summed E-state index contributed by atoms with van der Waals surface area (Å²) in [6, 6.07) is 18.6. The fraction of sp³-hybridized carbons (Fsp3) is 0.0500. The standard InChI is InChI=1S/C20H15Cl2NO2/c21-17-9-6-15(12-18(17)22)19-10-7-16(25-19)8-11-20(24)23-13-14-4-2-1-3-5-14/h1-12H,13H2,(H,23,24)/b11-8+. The van der Waals surface area contributed by atoms with Crippen molar-refractivity contribution in [2.45, 2.75) is 6.54 Å². The molecule has 0 saturated carbocycles. The number of benzene rings is 2. The maximum absolute atomic E-state index is 11.9. The average Bonchev–Trinajstić information content (AvgIpc) is 3.10. The third kappa shape index (κ3) is 4.75. The van der Waals surface area contributed by atoms with Crippen molar-refractivity contribution in [3.8, 4) is 11.3 Å². The molecule has 3 nitrogen and oxygen atoms in total. The fourth-order valence-electron chi connectivity index (χ4n) is 2.25. The van der Waals surface area contributed by atoms with Crippen molar-refractivity contribution in [3.05, 3.63) is 88.1 Å². The van der Waals surface area contributed by atoms with Gasteiger partial charge in [0.05, 0.1) is 10.0 Å². The van der Waals surface area contributed by atoms with E-state index in [-0.39, 0.29) is 5.91 Å². The van der Waals surface area contributed by atoms with Crippen LogP contribution in [0.5, 0.6) is 0 Å². The minimum absolute atomic E-state index is 0.184. The lowest BCUT2D eigenvalue weighted by molar-refractivity contribution is -0.116. The van der Waals surface area contributed by atoms with Crippen molar-refractivity contribution in [2.75, 3.05) is 0 Å². The Balaban J connectivity index is 1.61. The Labute approximate surface area is 155 Å². The molecule has 0 aliphatic rings. The van der Waals surface area contributed by atoms with Crippen molar-refractivity contribution in [1.82, 2.24) is 5.32 Å². The Morgan fingerprint density at radius 2 is 1.80 bits per heavy atom. The van der Waals surface area contributed by atoms with Crippen LogP contribution in [-0.2, 0) is 11.3 Å². The molecule has 2 aromatic carbocycles. The Kier molecular flexibility index (Phi) is 5.59. The predicted molar refractivity (Wildman–Crippen MR) is 101 cm³/mol. The van der Waals surface area contributed by atoms with E-state index >= 15 is 0 Å². The van der Waals surface area contributed by atoms with Crippen LogP contribution in [0.2, 0.25) is 10.0 Å². The number of rotatable bonds is 5. The summed E-state index contributed by atoms with van der Waals surface area (Å²) in [7, 11) is 0. The SMILES string of the molecule is O=C(/C=C/c1ccc(-c2ccc(Cl)c(Cl)c2)o1)NCc1ccccc1. The summed E-state index contributed by atoms with van der Waals surface area (Å²) in [4.78, 5) is 11.9. The molecule has 0 aliphatic carbocycles. The van der Waals surface area contributed by atoms with E-state index in [1.807, 2.05) is 42.5 Å². The molecule has 0 saturated heterocycles. The smallest absolute Gasteiger partial charge is 0.244 e. The van der Waals surface area contributed by atoms with E-state index < -0.39 is 0 Å². The highest BCUT2D eigenvalue weighted by molar-refractivity contribution is 6.42. The Morgan fingerprint density at radius 1 is 1.00 bits per heavy atom. The molecule has 5 heteroatoms. The first-order valence-electron chi connectivity index (χ1n) is 7.67. The van der Waals surface area contributed by atoms with Gasteiger partial charge in [0.25, 0.3) is 0 Å². The van der Waals surface area contributed by atoms with E-state index in [0.717, 1.165) is 11.1 Å². The number of hydrogen-bond donors (Lipinski definition) is 1. The lowest BCUT2D eigenvalue weighted by atomic mass is 10.2. The summed E-state index contributed by atoms with van der Waals surface area (Å²) >= 11 is 11.9. The van der Waals surface area contributed by atoms with Crippen LogP contribution in [0.15, 0.2) is 71.2 Å². The molecule has 1 N–H and O–H groups in total. The first kappa shape index (κ1) is 17.3. The van der Waals surface area contributed by atoms with Crippen molar-refractivity contribution >= 4 is 35.2 Å². The molecule has 0 bridgehead atoms. The van der Waals surface area contributed by atoms with Gasteiger partial charge in [-0.1, -0.05) is 53.5 Å². The first-order chi connectivity index (χ1) is 12.1. The number of halogens is 2. The molecule has 25 heavy (non-hydrogen) atoms. The number of nitrogens with one attached hydrogen (secondary N) is 1. The van der Waals surface area contributed by atoms with Gasteiger partial charge in [-0.3, -0.25) is 4.79 Å². The molecule has 1 amide bonds. The average molecular weight is 372 g/mol. The third-order valence-electron chi connectivity index (χ3n) is 3.54. The van der Waals surface area contributed by atoms with Gasteiger partial charge in [-0.25, -0.2) is 0 Å². The first-order valence-corrected chi connectivity index (χ1v) is 8.42. The number of amides is 1. The van der Waals surface area contributed by atoms with Crippen LogP contribution in [0, 0.1) is 0 Å². The van der Waals surface area contributed by atoms with Gasteiger partial charge in [0.1, 0.15) is 11.5 Å². The molecule has 0 unspecified atom stereocenters. The Hall–Kier alpha value is -2.49. The van der Waals surface area contributed by atoms with E-state index in [1.165, 1.54) is 6.08 Å². The molecule has 0 atom stereocenters. The van der Waals surface area contributed by atoms with Crippen LogP contribution in [0.25, 0.3) is 17.4 Å². The van der Waals surface area contributed by atoms with Gasteiger partial charge in [0, 0.05) is 18.2 Å². The summed E-state index contributed by atoms with van der Waals surface area (Å²) < 4.78 is 5.71. The maximum Gasteiger partial charge on any atom is 0.244 e. The van der Waals surface area contributed by atoms with Gasteiger partial charge in [-0.15, -0.1) is 0 Å². The number of carbonyl (C=O) groups excluding carboxylic acids is 1. The van der Waals surface area contributed by atoms with E-state index in [4.69, 9.17) is 27.6 Å². The van der Waals surface area contributed by atoms with Crippen molar-refractivity contribution in [2.24, 2.45) is 0 Å². The van der Waals surface area contributed by atoms with Gasteiger partial charge in [0.15, 0.2) is 0 Å². The topological polar surface area (TPSA) is 42.2 Å². The van der Waals surface area contributed by atoms with Crippen LogP contribution in [0.4, 0.5) is 0 Å². The van der Waals surface area contributed by atoms with Crippen LogP contribution in [0.1, 0.15) is 11.3 Å². The van der Waals surface area contributed by atoms with E-state index in [1.54, 1.807) is 24.3 Å². The highest BCUT2D eigenvalue weighted by atomic mass is 35.5. The van der Waals surface area contributed by atoms with Crippen LogP contribution in [0.3, 0.4) is 0 Å². The van der Waals surface area contributed by atoms with Gasteiger partial charge >= 0.3 is 0 Å². The molecule has 1 aromatic heterocycles. The van der Waals surface area contributed by atoms with Gasteiger partial charge in [0.2, 0.25) is 5.91 Å². The van der Waals surface area contributed by atoms with E-state index in [9.17, 15) is 4.79 Å². The summed E-state index contributed by atoms with van der Waals surface area (Å²) in [6.07, 6.45) is 3.07. The number of furan rings is 1. The van der Waals surface area contributed by atoms with Crippen molar-refractivity contribution < 1.29 is 9.21 Å². The second-order valence-corrected chi connectivity index (χ2v) is 6.18. The molecule has 0 fully saturated rings. The van der Waals surface area contributed by atoms with Gasteiger partial charge in [-0.2, -0.15) is 0 Å². The normalized spacial score (nSPS) is 11.0. The van der Waals surface area contributed by atoms with E-state index in [0.29, 0.717) is 28.1 Å². The molecule has 0 radical (unpaired) electrons. The molecule has 0 spiro atoms. The Bertz CT molecular complexity index is 901. The Morgan fingerprint density at radius 3 is 2.56 bits per heavy atom. The van der Waals surface area contributed by atoms with Crippen LogP contribution >= 0.6 is 23.2 Å². The summed E-state index contributed by atoms with van der Waals surface area (Å²) in [5.41, 5.74) is 1.87. The number of carbonyl (C=O) groups is 1. The summed E-state index contributed by atoms with van der Waals surface area (Å²) in [5, 5.41) is 3.78. The van der Waals surface area contributed by atoms with Crippen LogP contribution < -0.4 is 5.32 Å². The van der Waals surface area contributed by atoms with Gasteiger partial charge in [-0.05, 0) is 42.0 Å². The largest absolute Gasteiger partial charge is 0.457 e. The molecule has 0 aliphatic heterocycles. The molecular weight excluding hydrogens is 357 g/mol. The molecule has 3 rings (SSSR count). The zero-order chi connectivity index (χ0) is 17.6. The van der Waals surface area contributed by atoms with Gasteiger partial charge < -0.3 is 9.73 Å². The predicted octanol–water partition coefficient (Wildman–Crippen LogP) is 5.58. The highest BCUT2D eigenvalue weighted by Gasteiger charge is 2.06. The summed E-state index contributed by atoms with van der Waals surface area (Å²) in [6.45, 7) is 0.483. The number of hydrogen-bond acceptors (Lipinski definition) is 2. The zero-order valence-electron chi connectivity index (χ0n) is 13.2. The second-order valence-electron chi connectivity index (χ2n) is 5.37. The monoisotopic (exact) mass is 371 g/mol. The lowest BCUT2D eigenvalue weighted by Gasteiger charge is -2.01. The highest BCUT2D eigenvalue weighted by Crippen LogP contribution is 2.29. The van der Waals surface area contributed by atoms with Crippen molar-refractivity contribution in [3.63, 3.8) is 0 Å². The maximum atomic E-state index is 11.9. The van der Waals surface area contributed by atoms with Crippen molar-refractivity contribution in [1.29, 1.82) is 0 Å². The third-order valence-corrected chi connectivity index (χ3v) is 4.28. The molecule has 126 valence electrons. The fourth-order valence-corrected chi connectivity index (χ4v) is 2.55. The molecular formula is C20H15Cl2NO2. The minimum Gasteiger partial charge on any atom is -0.457 e. The zero-order valence-corrected chi connectivity index (χ0v) is 14.7. The molecule has 3 aromatic rings. The van der Waals surface area contributed by atoms with E-state index in [2.05, 4.69) is 5.32 Å². The summed E-state index contributed by atoms with van der Waals surface area (Å²) in [5.74, 6) is 1.05. The van der Waals surface area contributed by atoms with Crippen LogP contribution in [-0.4, -0.2) is 5.91 Å². The molecule has 1 heterocycles. The lowest BCUT2D eigenvalue weighted by Crippen LogP contribution is -2.20.